The van der Waals surface area contributed by atoms with Gasteiger partial charge < -0.3 is 10.5 Å². The zero-order valence-corrected chi connectivity index (χ0v) is 13.9. The molecule has 126 valence electrons. The van der Waals surface area contributed by atoms with E-state index >= 15 is 0 Å². The van der Waals surface area contributed by atoms with Gasteiger partial charge in [0.1, 0.15) is 11.6 Å². The Morgan fingerprint density at radius 1 is 1.00 bits per heavy atom. The van der Waals surface area contributed by atoms with E-state index in [0.717, 1.165) is 5.56 Å². The van der Waals surface area contributed by atoms with Crippen LogP contribution in [0.25, 0.3) is 0 Å². The molecule has 1 aliphatic heterocycles. The second-order valence-electron chi connectivity index (χ2n) is 6.28. The normalized spacial score (nSPS) is 18.8. The number of nitriles is 1. The molecule has 0 aromatic heterocycles. The van der Waals surface area contributed by atoms with Crippen molar-refractivity contribution in [3.05, 3.63) is 93.6 Å². The van der Waals surface area contributed by atoms with Crippen molar-refractivity contribution < 1.29 is 14.3 Å². The summed E-state index contributed by atoms with van der Waals surface area (Å²) in [5.74, 6) is -1.67. The van der Waals surface area contributed by atoms with Gasteiger partial charge in [-0.05, 0) is 12.5 Å². The van der Waals surface area contributed by atoms with Crippen LogP contribution < -0.4 is 5.73 Å². The number of ether oxygens (including phenoxy) is 1. The molecule has 2 aromatic carbocycles. The third-order valence-electron chi connectivity index (χ3n) is 4.70. The maximum atomic E-state index is 13.2. The summed E-state index contributed by atoms with van der Waals surface area (Å²) in [4.78, 5) is 26.0. The summed E-state index contributed by atoms with van der Waals surface area (Å²) in [6, 6.07) is 16.1. The van der Waals surface area contributed by atoms with Crippen LogP contribution in [0.1, 0.15) is 37.8 Å². The number of nitrogens with two attached hydrogens (primary N) is 1. The average molecular weight is 342 g/mol. The lowest BCUT2D eigenvalue weighted by Crippen LogP contribution is -2.32. The summed E-state index contributed by atoms with van der Waals surface area (Å²) < 4.78 is 5.45. The molecule has 0 saturated heterocycles. The van der Waals surface area contributed by atoms with Crippen molar-refractivity contribution in [1.29, 1.82) is 5.26 Å². The number of aryl methyl sites for hydroxylation is 1. The molecule has 0 radical (unpaired) electrons. The van der Waals surface area contributed by atoms with Crippen LogP contribution in [0.3, 0.4) is 0 Å². The summed E-state index contributed by atoms with van der Waals surface area (Å²) in [5, 5.41) is 9.60. The van der Waals surface area contributed by atoms with Crippen molar-refractivity contribution >= 4 is 11.6 Å². The molecule has 26 heavy (non-hydrogen) atoms. The monoisotopic (exact) mass is 342 g/mol. The van der Waals surface area contributed by atoms with Gasteiger partial charge in [-0.25, -0.2) is 0 Å². The molecule has 0 spiro atoms. The molecular formula is C21H14N2O3. The fraction of sp³-hybridized carbons (Fsp3) is 0.0952. The first kappa shape index (κ1) is 15.9. The van der Waals surface area contributed by atoms with E-state index in [0.29, 0.717) is 11.1 Å². The number of nitrogens with zero attached hydrogens (tertiary/aromatic N) is 1. The van der Waals surface area contributed by atoms with Gasteiger partial charge in [0.25, 0.3) is 0 Å². The molecule has 1 atom stereocenters. The van der Waals surface area contributed by atoms with Gasteiger partial charge in [-0.1, -0.05) is 54.1 Å². The highest BCUT2D eigenvalue weighted by Gasteiger charge is 2.43. The van der Waals surface area contributed by atoms with Crippen molar-refractivity contribution in [1.82, 2.24) is 0 Å². The first-order chi connectivity index (χ1) is 12.5. The molecular weight excluding hydrogens is 328 g/mol. The van der Waals surface area contributed by atoms with Crippen molar-refractivity contribution in [3.63, 3.8) is 0 Å². The number of carbonyl (C=O) groups excluding carboxylic acids is 2. The predicted octanol–water partition coefficient (Wildman–Crippen LogP) is 3.14. The summed E-state index contributed by atoms with van der Waals surface area (Å²) in [5.41, 5.74) is 8.58. The van der Waals surface area contributed by atoms with Gasteiger partial charge in [-0.2, -0.15) is 5.26 Å². The van der Waals surface area contributed by atoms with Crippen LogP contribution in [-0.2, 0) is 4.74 Å². The lowest BCUT2D eigenvalue weighted by atomic mass is 9.75. The minimum absolute atomic E-state index is 0.0872. The first-order valence-corrected chi connectivity index (χ1v) is 8.09. The van der Waals surface area contributed by atoms with E-state index in [1.165, 1.54) is 0 Å². The molecule has 2 N–H and O–H groups in total. The van der Waals surface area contributed by atoms with Crippen LogP contribution in [0.4, 0.5) is 0 Å². The number of Topliss-reactive ketones (excluding diaryl/α,β-unsaturated/α-hetero) is 2. The molecule has 0 saturated carbocycles. The molecule has 5 heteroatoms. The molecule has 2 aromatic rings. The predicted molar refractivity (Wildman–Crippen MR) is 94.0 cm³/mol. The van der Waals surface area contributed by atoms with Gasteiger partial charge >= 0.3 is 0 Å². The minimum atomic E-state index is -0.728. The fourth-order valence-electron chi connectivity index (χ4n) is 3.40. The second kappa shape index (κ2) is 5.71. The minimum Gasteiger partial charge on any atom is -0.436 e. The maximum absolute atomic E-state index is 13.2. The summed E-state index contributed by atoms with van der Waals surface area (Å²) in [6.07, 6.45) is 0. The Labute approximate surface area is 150 Å². The van der Waals surface area contributed by atoms with Crippen LogP contribution in [0, 0.1) is 18.3 Å². The van der Waals surface area contributed by atoms with E-state index in [2.05, 4.69) is 0 Å². The number of fused-ring (bicyclic) bond motifs is 1. The standard InChI is InChI=1S/C21H14N2O3/c1-11-6-8-12(9-7-11)16-15(10-22)21(23)26-20-17(16)18(24)13-4-2-3-5-14(13)19(20)25/h2-9,16H,23H2,1H3/t16-/m1/s1. The summed E-state index contributed by atoms with van der Waals surface area (Å²) in [6.45, 7) is 1.94. The molecule has 0 amide bonds. The number of rotatable bonds is 1. The third-order valence-corrected chi connectivity index (χ3v) is 4.70. The highest BCUT2D eigenvalue weighted by Crippen LogP contribution is 2.43. The van der Waals surface area contributed by atoms with E-state index in [-0.39, 0.29) is 34.1 Å². The Hall–Kier alpha value is -3.65. The summed E-state index contributed by atoms with van der Waals surface area (Å²) >= 11 is 0. The second-order valence-corrected chi connectivity index (χ2v) is 6.28. The van der Waals surface area contributed by atoms with Crippen molar-refractivity contribution in [2.75, 3.05) is 0 Å². The smallest absolute Gasteiger partial charge is 0.229 e. The van der Waals surface area contributed by atoms with Crippen molar-refractivity contribution in [2.45, 2.75) is 12.8 Å². The van der Waals surface area contributed by atoms with Crippen molar-refractivity contribution in [3.8, 4) is 6.07 Å². The number of allylic oxidation sites excluding steroid dienone is 3. The Morgan fingerprint density at radius 2 is 1.62 bits per heavy atom. The number of benzene rings is 2. The fourth-order valence-corrected chi connectivity index (χ4v) is 3.40. The molecule has 0 fully saturated rings. The lowest BCUT2D eigenvalue weighted by molar-refractivity contribution is 0.0897. The van der Waals surface area contributed by atoms with E-state index in [9.17, 15) is 14.9 Å². The van der Waals surface area contributed by atoms with Gasteiger partial charge in [-0.3, -0.25) is 9.59 Å². The number of carbonyl (C=O) groups is 2. The zero-order chi connectivity index (χ0) is 18.4. The molecule has 0 unspecified atom stereocenters. The van der Waals surface area contributed by atoms with Crippen molar-refractivity contribution in [2.24, 2.45) is 5.73 Å². The van der Waals surface area contributed by atoms with Gasteiger partial charge in [0.15, 0.2) is 11.5 Å². The Kier molecular flexibility index (Phi) is 3.48. The van der Waals surface area contributed by atoms with E-state index in [4.69, 9.17) is 10.5 Å². The molecule has 5 nitrogen and oxygen atoms in total. The Bertz CT molecular complexity index is 1070. The number of hydrogen-bond acceptors (Lipinski definition) is 5. The SMILES string of the molecule is Cc1ccc([C@@H]2C(C#N)=C(N)OC3=C2C(=O)c2ccccc2C3=O)cc1. The quantitative estimate of drug-likeness (QED) is 0.859. The Balaban J connectivity index is 1.97. The first-order valence-electron chi connectivity index (χ1n) is 8.09. The average Bonchev–Trinajstić information content (AvgIpc) is 2.66. The molecule has 1 heterocycles. The highest BCUT2D eigenvalue weighted by molar-refractivity contribution is 6.27. The van der Waals surface area contributed by atoms with E-state index < -0.39 is 11.7 Å². The van der Waals surface area contributed by atoms with E-state index in [1.54, 1.807) is 24.3 Å². The Morgan fingerprint density at radius 3 is 2.23 bits per heavy atom. The van der Waals surface area contributed by atoms with Crippen LogP contribution >= 0.6 is 0 Å². The lowest BCUT2D eigenvalue weighted by Gasteiger charge is -2.30. The van der Waals surface area contributed by atoms with Gasteiger partial charge in [0.05, 0.1) is 11.5 Å². The van der Waals surface area contributed by atoms with Gasteiger partial charge in [-0.15, -0.1) is 0 Å². The highest BCUT2D eigenvalue weighted by atomic mass is 16.5. The zero-order valence-electron chi connectivity index (χ0n) is 13.9. The molecule has 1 aliphatic carbocycles. The van der Waals surface area contributed by atoms with E-state index in [1.807, 2.05) is 37.3 Å². The van der Waals surface area contributed by atoms with Gasteiger partial charge in [0, 0.05) is 11.1 Å². The van der Waals surface area contributed by atoms with Gasteiger partial charge in [0.2, 0.25) is 11.7 Å². The van der Waals surface area contributed by atoms with Crippen LogP contribution in [0.2, 0.25) is 0 Å². The largest absolute Gasteiger partial charge is 0.436 e. The molecule has 2 aliphatic rings. The maximum Gasteiger partial charge on any atom is 0.229 e. The molecule has 0 bridgehead atoms. The third kappa shape index (κ3) is 2.16. The number of ketones is 2. The van der Waals surface area contributed by atoms with Crippen LogP contribution in [0.5, 0.6) is 0 Å². The van der Waals surface area contributed by atoms with Crippen LogP contribution in [-0.4, -0.2) is 11.6 Å². The number of hydrogen-bond donors (Lipinski definition) is 1. The molecule has 4 rings (SSSR count). The summed E-state index contributed by atoms with van der Waals surface area (Å²) in [7, 11) is 0. The van der Waals surface area contributed by atoms with Crippen LogP contribution in [0.15, 0.2) is 71.3 Å². The topological polar surface area (TPSA) is 93.2 Å².